The maximum absolute atomic E-state index is 12.8. The quantitative estimate of drug-likeness (QED) is 0.117. The molecule has 1 saturated heterocycles. The number of hydrogen-bond acceptors (Lipinski definition) is 6. The van der Waals surface area contributed by atoms with Crippen molar-refractivity contribution in [2.75, 3.05) is 6.61 Å². The van der Waals surface area contributed by atoms with Gasteiger partial charge < -0.3 is 29.1 Å². The van der Waals surface area contributed by atoms with Crippen LogP contribution in [0.1, 0.15) is 127 Å². The molecule has 0 bridgehead atoms. The third kappa shape index (κ3) is 14.2. The van der Waals surface area contributed by atoms with Gasteiger partial charge in [0.15, 0.2) is 14.1 Å². The highest BCUT2D eigenvalue weighted by atomic mass is 28.4. The van der Waals surface area contributed by atoms with Gasteiger partial charge in [-0.2, -0.15) is 0 Å². The molecule has 1 aliphatic rings. The predicted octanol–water partition coefficient (Wildman–Crippen LogP) is 7.71. The Morgan fingerprint density at radius 2 is 1.48 bits per heavy atom. The SMILES string of the molecule is CCCCCCCCCCCC#C[C@@H](O)[C@H]1OC(C)(C)O[C@H]1[C@H](CO[Si](C)(C)C(C)(C)C)NC(=O)OC(C)(C)C. The van der Waals surface area contributed by atoms with Crippen molar-refractivity contribution in [1.82, 2.24) is 5.32 Å². The van der Waals surface area contributed by atoms with Crippen LogP contribution in [0.3, 0.4) is 0 Å². The number of hydrogen-bond donors (Lipinski definition) is 2. The second-order valence-corrected chi connectivity index (χ2v) is 19.0. The van der Waals surface area contributed by atoms with E-state index in [9.17, 15) is 9.90 Å². The summed E-state index contributed by atoms with van der Waals surface area (Å²) >= 11 is 0. The van der Waals surface area contributed by atoms with E-state index < -0.39 is 50.2 Å². The van der Waals surface area contributed by atoms with Crippen molar-refractivity contribution in [2.24, 2.45) is 0 Å². The summed E-state index contributed by atoms with van der Waals surface area (Å²) in [7, 11) is -2.13. The second-order valence-electron chi connectivity index (χ2n) is 14.2. The minimum Gasteiger partial charge on any atom is -0.444 e. The van der Waals surface area contributed by atoms with Gasteiger partial charge in [0.05, 0.1) is 12.6 Å². The van der Waals surface area contributed by atoms with E-state index in [1.165, 1.54) is 44.9 Å². The van der Waals surface area contributed by atoms with Crippen molar-refractivity contribution in [3.8, 4) is 11.8 Å². The molecule has 1 rings (SSSR count). The zero-order valence-electron chi connectivity index (χ0n) is 27.6. The molecule has 0 aromatic heterocycles. The molecule has 7 nitrogen and oxygen atoms in total. The lowest BCUT2D eigenvalue weighted by Crippen LogP contribution is -2.55. The molecule has 0 aromatic carbocycles. The average molecular weight is 584 g/mol. The fourth-order valence-electron chi connectivity index (χ4n) is 4.35. The highest BCUT2D eigenvalue weighted by Gasteiger charge is 2.49. The molecule has 0 unspecified atom stereocenters. The molecule has 1 amide bonds. The van der Waals surface area contributed by atoms with Gasteiger partial charge in [-0.05, 0) is 59.2 Å². The van der Waals surface area contributed by atoms with Crippen molar-refractivity contribution in [3.63, 3.8) is 0 Å². The summed E-state index contributed by atoms with van der Waals surface area (Å²) in [5.41, 5.74) is -0.652. The minimum atomic E-state index is -2.13. The zero-order valence-corrected chi connectivity index (χ0v) is 28.6. The molecular formula is C32H61NO6Si. The largest absolute Gasteiger partial charge is 0.444 e. The van der Waals surface area contributed by atoms with Crippen LogP contribution in [0.4, 0.5) is 4.79 Å². The number of aliphatic hydroxyl groups excluding tert-OH is 1. The van der Waals surface area contributed by atoms with Crippen LogP contribution in [0.15, 0.2) is 0 Å². The maximum Gasteiger partial charge on any atom is 0.408 e. The summed E-state index contributed by atoms with van der Waals surface area (Å²) in [6, 6.07) is -0.593. The highest BCUT2D eigenvalue weighted by molar-refractivity contribution is 6.74. The number of nitrogens with one attached hydrogen (secondary N) is 1. The number of alkyl carbamates (subject to hydrolysis) is 1. The van der Waals surface area contributed by atoms with E-state index in [0.29, 0.717) is 0 Å². The summed E-state index contributed by atoms with van der Waals surface area (Å²) in [5, 5.41) is 14.0. The van der Waals surface area contributed by atoms with Gasteiger partial charge in [-0.25, -0.2) is 4.79 Å². The molecule has 0 saturated carbocycles. The third-order valence-corrected chi connectivity index (χ3v) is 12.2. The van der Waals surface area contributed by atoms with E-state index >= 15 is 0 Å². The molecule has 1 fully saturated rings. The summed E-state index contributed by atoms with van der Waals surface area (Å²) in [4.78, 5) is 12.8. The summed E-state index contributed by atoms with van der Waals surface area (Å²) in [6.07, 6.45) is 9.05. The molecule has 0 radical (unpaired) electrons. The Balaban J connectivity index is 2.86. The Morgan fingerprint density at radius 3 is 2.00 bits per heavy atom. The predicted molar refractivity (Wildman–Crippen MR) is 166 cm³/mol. The molecule has 1 heterocycles. The normalized spacial score (nSPS) is 20.9. The number of aliphatic hydroxyl groups is 1. The van der Waals surface area contributed by atoms with Gasteiger partial charge in [0.2, 0.25) is 0 Å². The van der Waals surface area contributed by atoms with Gasteiger partial charge >= 0.3 is 6.09 Å². The smallest absolute Gasteiger partial charge is 0.408 e. The molecule has 8 heteroatoms. The van der Waals surface area contributed by atoms with Gasteiger partial charge in [0.1, 0.15) is 23.9 Å². The molecule has 0 spiro atoms. The van der Waals surface area contributed by atoms with Gasteiger partial charge in [-0.1, -0.05) is 85.0 Å². The van der Waals surface area contributed by atoms with Crippen LogP contribution in [0, 0.1) is 11.8 Å². The molecule has 4 atom stereocenters. The second kappa shape index (κ2) is 16.5. The van der Waals surface area contributed by atoms with Crippen LogP contribution in [-0.2, 0) is 18.6 Å². The number of amides is 1. The first kappa shape index (κ1) is 36.9. The third-order valence-electron chi connectivity index (χ3n) is 7.66. The monoisotopic (exact) mass is 583 g/mol. The first-order chi connectivity index (χ1) is 18.4. The summed E-state index contributed by atoms with van der Waals surface area (Å²) < 4.78 is 24.4. The first-order valence-corrected chi connectivity index (χ1v) is 18.4. The van der Waals surface area contributed by atoms with Crippen LogP contribution in [0.5, 0.6) is 0 Å². The molecule has 1 aliphatic heterocycles. The standard InChI is InChI=1S/C32H61NO6Si/c1-12-13-14-15-16-17-18-19-20-21-22-23-26(34)28-27(37-32(8,9)38-28)25(33-29(35)39-30(2,3)4)24-36-40(10,11)31(5,6)7/h25-28,34H,12-21,24H2,1-11H3,(H,33,35)/t25-,26+,27-,28+/m0/s1. The van der Waals surface area contributed by atoms with Crippen molar-refractivity contribution in [3.05, 3.63) is 0 Å². The van der Waals surface area contributed by atoms with E-state index in [0.717, 1.165) is 19.3 Å². The first-order valence-electron chi connectivity index (χ1n) is 15.5. The van der Waals surface area contributed by atoms with Crippen molar-refractivity contribution < 1.29 is 28.5 Å². The Bertz CT molecular complexity index is 805. The molecule has 0 aliphatic carbocycles. The lowest BCUT2D eigenvalue weighted by molar-refractivity contribution is -0.154. The van der Waals surface area contributed by atoms with E-state index in [1.807, 2.05) is 34.6 Å². The minimum absolute atomic E-state index is 0.00475. The Morgan fingerprint density at radius 1 is 0.950 bits per heavy atom. The number of carbonyl (C=O) groups excluding carboxylic acids is 1. The number of carbonyl (C=O) groups is 1. The number of rotatable bonds is 15. The number of ether oxygens (including phenoxy) is 3. The fourth-order valence-corrected chi connectivity index (χ4v) is 5.38. The molecule has 40 heavy (non-hydrogen) atoms. The van der Waals surface area contributed by atoms with Crippen LogP contribution >= 0.6 is 0 Å². The molecule has 2 N–H and O–H groups in total. The topological polar surface area (TPSA) is 86.3 Å². The van der Waals surface area contributed by atoms with Crippen LogP contribution in [0.2, 0.25) is 18.1 Å². The maximum atomic E-state index is 12.8. The van der Waals surface area contributed by atoms with Crippen LogP contribution < -0.4 is 5.32 Å². The van der Waals surface area contributed by atoms with Gasteiger partial charge in [-0.15, -0.1) is 5.92 Å². The molecule has 0 aromatic rings. The Kier molecular flexibility index (Phi) is 15.2. The lowest BCUT2D eigenvalue weighted by Gasteiger charge is -2.38. The molecule has 234 valence electrons. The van der Waals surface area contributed by atoms with E-state index in [1.54, 1.807) is 0 Å². The molecular weight excluding hydrogens is 522 g/mol. The lowest BCUT2D eigenvalue weighted by atomic mass is 10.0. The van der Waals surface area contributed by atoms with Gasteiger partial charge in [0, 0.05) is 6.42 Å². The van der Waals surface area contributed by atoms with E-state index in [4.69, 9.17) is 18.6 Å². The van der Waals surface area contributed by atoms with Crippen LogP contribution in [0.25, 0.3) is 0 Å². The fraction of sp³-hybridized carbons (Fsp3) is 0.906. The zero-order chi connectivity index (χ0) is 30.6. The van der Waals surface area contributed by atoms with E-state index in [2.05, 4.69) is 57.9 Å². The summed E-state index contributed by atoms with van der Waals surface area (Å²) in [6.45, 7) is 22.4. The summed E-state index contributed by atoms with van der Waals surface area (Å²) in [5.74, 6) is 5.18. The van der Waals surface area contributed by atoms with E-state index in [-0.39, 0.29) is 11.6 Å². The van der Waals surface area contributed by atoms with Gasteiger partial charge in [-0.3, -0.25) is 0 Å². The van der Waals surface area contributed by atoms with Crippen molar-refractivity contribution in [2.45, 2.75) is 180 Å². The average Bonchev–Trinajstić information content (AvgIpc) is 3.13. The Hall–Kier alpha value is -1.11. The van der Waals surface area contributed by atoms with Gasteiger partial charge in [0.25, 0.3) is 0 Å². The Labute approximate surface area is 247 Å². The number of unbranched alkanes of at least 4 members (excludes halogenated alkanes) is 9. The van der Waals surface area contributed by atoms with Crippen molar-refractivity contribution >= 4 is 14.4 Å². The van der Waals surface area contributed by atoms with Crippen LogP contribution in [-0.4, -0.2) is 61.9 Å². The highest BCUT2D eigenvalue weighted by Crippen LogP contribution is 2.38. The van der Waals surface area contributed by atoms with Crippen molar-refractivity contribution in [1.29, 1.82) is 0 Å².